The summed E-state index contributed by atoms with van der Waals surface area (Å²) >= 11 is 0. The van der Waals surface area contributed by atoms with Gasteiger partial charge in [0, 0.05) is 11.6 Å². The predicted octanol–water partition coefficient (Wildman–Crippen LogP) is 3.59. The molecule has 1 fully saturated rings. The van der Waals surface area contributed by atoms with Crippen molar-refractivity contribution >= 4 is 0 Å². The Morgan fingerprint density at radius 1 is 1.12 bits per heavy atom. The van der Waals surface area contributed by atoms with Crippen molar-refractivity contribution in [1.29, 1.82) is 0 Å². The molecule has 1 aliphatic rings. The molecule has 0 atom stereocenters. The van der Waals surface area contributed by atoms with Crippen molar-refractivity contribution in [3.63, 3.8) is 0 Å². The third-order valence-electron chi connectivity index (χ3n) is 3.42. The molecule has 1 nitrogen and oxygen atoms in total. The number of halogens is 1. The van der Waals surface area contributed by atoms with Crippen molar-refractivity contribution in [3.05, 3.63) is 35.6 Å². The molecule has 0 heterocycles. The molecular weight excluding hydrogens is 201 g/mol. The molecule has 0 aromatic heterocycles. The minimum Gasteiger partial charge on any atom is -0.305 e. The number of hydrogen-bond donors (Lipinski definition) is 1. The van der Waals surface area contributed by atoms with Gasteiger partial charge in [0.2, 0.25) is 0 Å². The third-order valence-corrected chi connectivity index (χ3v) is 3.42. The first-order valence-electron chi connectivity index (χ1n) is 6.16. The van der Waals surface area contributed by atoms with E-state index in [-0.39, 0.29) is 11.4 Å². The van der Waals surface area contributed by atoms with Gasteiger partial charge < -0.3 is 5.32 Å². The van der Waals surface area contributed by atoms with E-state index < -0.39 is 0 Å². The van der Waals surface area contributed by atoms with Crippen molar-refractivity contribution in [3.8, 4) is 0 Å². The molecule has 1 aromatic carbocycles. The maximum Gasteiger partial charge on any atom is 0.123 e. The first-order valence-corrected chi connectivity index (χ1v) is 6.16. The monoisotopic (exact) mass is 221 g/mol. The van der Waals surface area contributed by atoms with E-state index in [0.29, 0.717) is 6.04 Å². The number of hydrogen-bond acceptors (Lipinski definition) is 1. The Balaban J connectivity index is 2.28. The fourth-order valence-electron chi connectivity index (χ4n) is 2.82. The minimum absolute atomic E-state index is 0.0852. The quantitative estimate of drug-likeness (QED) is 0.822. The molecule has 2 heteroatoms. The SMILES string of the molecule is CC(C)NC1(c2ccc(F)cc2)CCCC1. The van der Waals surface area contributed by atoms with Gasteiger partial charge in [0.25, 0.3) is 0 Å². The Morgan fingerprint density at radius 2 is 1.69 bits per heavy atom. The zero-order valence-electron chi connectivity index (χ0n) is 10.1. The maximum atomic E-state index is 12.9. The van der Waals surface area contributed by atoms with E-state index in [2.05, 4.69) is 19.2 Å². The van der Waals surface area contributed by atoms with Gasteiger partial charge in [-0.2, -0.15) is 0 Å². The van der Waals surface area contributed by atoms with E-state index >= 15 is 0 Å². The summed E-state index contributed by atoms with van der Waals surface area (Å²) in [6.07, 6.45) is 4.85. The molecular formula is C14H20FN. The van der Waals surface area contributed by atoms with Crippen LogP contribution in [-0.4, -0.2) is 6.04 Å². The summed E-state index contributed by atoms with van der Waals surface area (Å²) in [6, 6.07) is 7.45. The molecule has 1 aromatic rings. The minimum atomic E-state index is -0.151. The molecule has 16 heavy (non-hydrogen) atoms. The largest absolute Gasteiger partial charge is 0.305 e. The molecule has 0 spiro atoms. The zero-order chi connectivity index (χ0) is 11.6. The van der Waals surface area contributed by atoms with E-state index in [4.69, 9.17) is 0 Å². The van der Waals surface area contributed by atoms with Crippen LogP contribution in [0.3, 0.4) is 0 Å². The van der Waals surface area contributed by atoms with Crippen LogP contribution < -0.4 is 5.32 Å². The van der Waals surface area contributed by atoms with Gasteiger partial charge in [-0.05, 0) is 30.5 Å². The Bertz CT molecular complexity index is 336. The summed E-state index contributed by atoms with van der Waals surface area (Å²) in [5.41, 5.74) is 1.32. The summed E-state index contributed by atoms with van der Waals surface area (Å²) in [4.78, 5) is 0. The zero-order valence-corrected chi connectivity index (χ0v) is 10.1. The van der Waals surface area contributed by atoms with Crippen LogP contribution in [0.25, 0.3) is 0 Å². The second-order valence-electron chi connectivity index (χ2n) is 5.10. The van der Waals surface area contributed by atoms with Gasteiger partial charge in [0.15, 0.2) is 0 Å². The predicted molar refractivity (Wildman–Crippen MR) is 64.8 cm³/mol. The van der Waals surface area contributed by atoms with Gasteiger partial charge in [0.1, 0.15) is 5.82 Å². The molecule has 88 valence electrons. The molecule has 0 bridgehead atoms. The van der Waals surface area contributed by atoms with Crippen LogP contribution in [0, 0.1) is 5.82 Å². The average Bonchev–Trinajstić information content (AvgIpc) is 2.67. The second-order valence-corrected chi connectivity index (χ2v) is 5.10. The van der Waals surface area contributed by atoms with Crippen molar-refractivity contribution in [1.82, 2.24) is 5.32 Å². The fraction of sp³-hybridized carbons (Fsp3) is 0.571. The number of benzene rings is 1. The lowest BCUT2D eigenvalue weighted by molar-refractivity contribution is 0.312. The van der Waals surface area contributed by atoms with Gasteiger partial charge in [-0.15, -0.1) is 0 Å². The fourth-order valence-corrected chi connectivity index (χ4v) is 2.82. The van der Waals surface area contributed by atoms with Crippen molar-refractivity contribution in [2.45, 2.75) is 51.1 Å². The molecule has 0 radical (unpaired) electrons. The van der Waals surface area contributed by atoms with Gasteiger partial charge in [-0.25, -0.2) is 4.39 Å². The Hall–Kier alpha value is -0.890. The van der Waals surface area contributed by atoms with E-state index in [1.165, 1.54) is 18.4 Å². The topological polar surface area (TPSA) is 12.0 Å². The lowest BCUT2D eigenvalue weighted by Crippen LogP contribution is -2.43. The molecule has 1 N–H and O–H groups in total. The van der Waals surface area contributed by atoms with E-state index in [1.807, 2.05) is 12.1 Å². The van der Waals surface area contributed by atoms with Gasteiger partial charge in [-0.1, -0.05) is 38.8 Å². The van der Waals surface area contributed by atoms with Crippen LogP contribution in [0.2, 0.25) is 0 Å². The van der Waals surface area contributed by atoms with E-state index in [1.54, 1.807) is 12.1 Å². The highest BCUT2D eigenvalue weighted by Crippen LogP contribution is 2.39. The first-order chi connectivity index (χ1) is 7.62. The summed E-state index contributed by atoms with van der Waals surface area (Å²) in [6.45, 7) is 4.34. The van der Waals surface area contributed by atoms with Crippen LogP contribution >= 0.6 is 0 Å². The molecule has 1 saturated carbocycles. The van der Waals surface area contributed by atoms with Crippen molar-refractivity contribution in [2.24, 2.45) is 0 Å². The van der Waals surface area contributed by atoms with Crippen molar-refractivity contribution < 1.29 is 4.39 Å². The molecule has 0 saturated heterocycles. The highest BCUT2D eigenvalue weighted by atomic mass is 19.1. The first kappa shape index (κ1) is 11.6. The van der Waals surface area contributed by atoms with Crippen LogP contribution in [0.5, 0.6) is 0 Å². The number of rotatable bonds is 3. The van der Waals surface area contributed by atoms with Crippen LogP contribution in [0.4, 0.5) is 4.39 Å². The van der Waals surface area contributed by atoms with E-state index in [9.17, 15) is 4.39 Å². The maximum absolute atomic E-state index is 12.9. The van der Waals surface area contributed by atoms with Gasteiger partial charge in [0.05, 0.1) is 0 Å². The molecule has 1 aliphatic carbocycles. The summed E-state index contributed by atoms with van der Waals surface area (Å²) in [5, 5.41) is 3.67. The number of nitrogens with one attached hydrogen (secondary N) is 1. The van der Waals surface area contributed by atoms with Gasteiger partial charge in [-0.3, -0.25) is 0 Å². The lowest BCUT2D eigenvalue weighted by atomic mass is 9.87. The standard InChI is InChI=1S/C14H20FN/c1-11(2)16-14(9-3-4-10-14)12-5-7-13(15)8-6-12/h5-8,11,16H,3-4,9-10H2,1-2H3. The van der Waals surface area contributed by atoms with Gasteiger partial charge >= 0.3 is 0 Å². The Labute approximate surface area is 97.1 Å². The molecule has 0 unspecified atom stereocenters. The van der Waals surface area contributed by atoms with Crippen LogP contribution in [0.1, 0.15) is 45.1 Å². The highest BCUT2D eigenvalue weighted by molar-refractivity contribution is 5.26. The summed E-state index contributed by atoms with van der Waals surface area (Å²) in [5.74, 6) is -0.151. The summed E-state index contributed by atoms with van der Waals surface area (Å²) < 4.78 is 12.9. The highest BCUT2D eigenvalue weighted by Gasteiger charge is 2.35. The molecule has 2 rings (SSSR count). The molecule has 0 amide bonds. The Morgan fingerprint density at radius 3 is 2.19 bits per heavy atom. The molecule has 0 aliphatic heterocycles. The summed E-state index contributed by atoms with van der Waals surface area (Å²) in [7, 11) is 0. The van der Waals surface area contributed by atoms with Crippen LogP contribution in [0.15, 0.2) is 24.3 Å². The Kier molecular flexibility index (Phi) is 3.29. The third kappa shape index (κ3) is 2.27. The smallest absolute Gasteiger partial charge is 0.123 e. The van der Waals surface area contributed by atoms with Crippen molar-refractivity contribution in [2.75, 3.05) is 0 Å². The van der Waals surface area contributed by atoms with Crippen LogP contribution in [-0.2, 0) is 5.54 Å². The second kappa shape index (κ2) is 4.54. The lowest BCUT2D eigenvalue weighted by Gasteiger charge is -2.33. The van der Waals surface area contributed by atoms with E-state index in [0.717, 1.165) is 12.8 Å². The normalized spacial score (nSPS) is 19.2. The average molecular weight is 221 g/mol.